The van der Waals surface area contributed by atoms with Gasteiger partial charge in [0.25, 0.3) is 0 Å². The van der Waals surface area contributed by atoms with E-state index in [0.29, 0.717) is 25.4 Å². The van der Waals surface area contributed by atoms with Crippen LogP contribution in [0.25, 0.3) is 10.6 Å². The van der Waals surface area contributed by atoms with E-state index in [1.165, 1.54) is 0 Å². The number of methoxy groups -OCH3 is 1. The third-order valence-electron chi connectivity index (χ3n) is 5.24. The summed E-state index contributed by atoms with van der Waals surface area (Å²) >= 11 is 1.65. The Balaban J connectivity index is 1.32. The molecule has 0 saturated carbocycles. The van der Waals surface area contributed by atoms with Gasteiger partial charge in [-0.3, -0.25) is 14.3 Å². The quantitative estimate of drug-likeness (QED) is 0.632. The molecule has 4 rings (SSSR count). The van der Waals surface area contributed by atoms with E-state index in [9.17, 15) is 9.59 Å². The van der Waals surface area contributed by atoms with Crippen molar-refractivity contribution < 1.29 is 14.3 Å². The molecule has 1 atom stereocenters. The minimum absolute atomic E-state index is 0.0492. The molecule has 0 radical (unpaired) electrons. The van der Waals surface area contributed by atoms with Gasteiger partial charge in [0.05, 0.1) is 24.4 Å². The summed E-state index contributed by atoms with van der Waals surface area (Å²) in [5.41, 5.74) is 2.75. The zero-order valence-electron chi connectivity index (χ0n) is 17.0. The van der Waals surface area contributed by atoms with Crippen molar-refractivity contribution in [1.82, 2.24) is 15.1 Å². The molecule has 1 aliphatic heterocycles. The number of carbonyl (C=O) groups excluding carboxylic acids is 2. The van der Waals surface area contributed by atoms with Crippen molar-refractivity contribution >= 4 is 28.8 Å². The van der Waals surface area contributed by atoms with Crippen LogP contribution in [0.1, 0.15) is 12.1 Å². The summed E-state index contributed by atoms with van der Waals surface area (Å²) in [6.45, 7) is 3.44. The van der Waals surface area contributed by atoms with E-state index >= 15 is 0 Å². The molecule has 2 amide bonds. The summed E-state index contributed by atoms with van der Waals surface area (Å²) < 4.78 is 7.13. The number of nitrogens with one attached hydrogen (secondary N) is 1. The average molecular weight is 425 g/mol. The van der Waals surface area contributed by atoms with Crippen LogP contribution in [-0.2, 0) is 16.1 Å². The van der Waals surface area contributed by atoms with E-state index in [0.717, 1.165) is 22.0 Å². The van der Waals surface area contributed by atoms with Gasteiger partial charge in [-0.1, -0.05) is 12.1 Å². The first kappa shape index (κ1) is 20.2. The summed E-state index contributed by atoms with van der Waals surface area (Å²) in [5.74, 6) is 0.178. The molecule has 1 fully saturated rings. The molecule has 3 aromatic rings. The Labute approximate surface area is 179 Å². The van der Waals surface area contributed by atoms with Gasteiger partial charge < -0.3 is 15.0 Å². The fraction of sp³-hybridized carbons (Fsp3) is 0.318. The largest absolute Gasteiger partial charge is 0.497 e. The highest BCUT2D eigenvalue weighted by atomic mass is 32.1. The van der Waals surface area contributed by atoms with Gasteiger partial charge in [-0.05, 0) is 36.6 Å². The number of thiophene rings is 1. The van der Waals surface area contributed by atoms with Crippen molar-refractivity contribution in [2.45, 2.75) is 19.9 Å². The Bertz CT molecular complexity index is 1040. The van der Waals surface area contributed by atoms with E-state index in [-0.39, 0.29) is 24.2 Å². The molecule has 0 spiro atoms. The van der Waals surface area contributed by atoms with Gasteiger partial charge in [0.15, 0.2) is 0 Å². The third kappa shape index (κ3) is 4.23. The summed E-state index contributed by atoms with van der Waals surface area (Å²) in [7, 11) is 1.59. The van der Waals surface area contributed by atoms with Gasteiger partial charge in [0.2, 0.25) is 11.8 Å². The first-order valence-electron chi connectivity index (χ1n) is 9.85. The predicted octanol–water partition coefficient (Wildman–Crippen LogP) is 3.10. The number of aromatic nitrogens is 2. The molecule has 30 heavy (non-hydrogen) atoms. The number of aryl methyl sites for hydroxylation is 1. The number of anilines is 1. The monoisotopic (exact) mass is 424 g/mol. The molecule has 0 bridgehead atoms. The van der Waals surface area contributed by atoms with Crippen LogP contribution in [0.15, 0.2) is 47.8 Å². The van der Waals surface area contributed by atoms with Crippen LogP contribution in [0.2, 0.25) is 0 Å². The van der Waals surface area contributed by atoms with E-state index < -0.39 is 0 Å². The van der Waals surface area contributed by atoms with E-state index in [2.05, 4.69) is 16.5 Å². The van der Waals surface area contributed by atoms with Gasteiger partial charge in [0.1, 0.15) is 11.4 Å². The molecular formula is C22H24N4O3S. The van der Waals surface area contributed by atoms with Crippen LogP contribution in [0.4, 0.5) is 5.69 Å². The lowest BCUT2D eigenvalue weighted by Gasteiger charge is -2.17. The third-order valence-corrected chi connectivity index (χ3v) is 6.13. The van der Waals surface area contributed by atoms with Crippen LogP contribution in [0.5, 0.6) is 5.75 Å². The predicted molar refractivity (Wildman–Crippen MR) is 117 cm³/mol. The Kier molecular flexibility index (Phi) is 5.85. The van der Waals surface area contributed by atoms with Crippen molar-refractivity contribution in [1.29, 1.82) is 0 Å². The van der Waals surface area contributed by atoms with Crippen molar-refractivity contribution in [2.24, 2.45) is 5.92 Å². The summed E-state index contributed by atoms with van der Waals surface area (Å²) in [5, 5.41) is 9.62. The van der Waals surface area contributed by atoms with Gasteiger partial charge in [0, 0.05) is 37.0 Å². The number of ether oxygens (including phenoxy) is 1. The minimum Gasteiger partial charge on any atom is -0.497 e. The van der Waals surface area contributed by atoms with Crippen molar-refractivity contribution in [3.63, 3.8) is 0 Å². The number of amides is 2. The lowest BCUT2D eigenvalue weighted by Crippen LogP contribution is -2.35. The maximum Gasteiger partial charge on any atom is 0.227 e. The zero-order chi connectivity index (χ0) is 21.1. The van der Waals surface area contributed by atoms with E-state index in [1.54, 1.807) is 23.3 Å². The van der Waals surface area contributed by atoms with Crippen LogP contribution in [0, 0.1) is 12.8 Å². The number of carbonyl (C=O) groups is 2. The first-order chi connectivity index (χ1) is 14.5. The second-order valence-electron chi connectivity index (χ2n) is 7.27. The lowest BCUT2D eigenvalue weighted by atomic mass is 10.1. The molecule has 0 aliphatic carbocycles. The molecule has 1 saturated heterocycles. The molecule has 3 heterocycles. The number of rotatable bonds is 7. The molecular weight excluding hydrogens is 400 g/mol. The highest BCUT2D eigenvalue weighted by molar-refractivity contribution is 7.13. The maximum atomic E-state index is 12.6. The minimum atomic E-state index is -0.357. The summed E-state index contributed by atoms with van der Waals surface area (Å²) in [6, 6.07) is 13.4. The Morgan fingerprint density at radius 2 is 2.17 bits per heavy atom. The standard InChI is InChI=1S/C22H24N4O3S/c1-15-11-19(20-7-4-10-30-20)24-26(15)9-8-23-22(28)16-12-21(27)25(14-16)17-5-3-6-18(13-17)29-2/h3-7,10-11,13,16H,8-9,12,14H2,1-2H3,(H,23,28)/t16-/m1/s1. The normalized spacial score (nSPS) is 16.1. The second-order valence-corrected chi connectivity index (χ2v) is 8.22. The molecule has 1 aromatic carbocycles. The molecule has 2 aromatic heterocycles. The topological polar surface area (TPSA) is 76.5 Å². The van der Waals surface area contributed by atoms with Crippen molar-refractivity contribution in [3.8, 4) is 16.3 Å². The Morgan fingerprint density at radius 3 is 2.93 bits per heavy atom. The highest BCUT2D eigenvalue weighted by Crippen LogP contribution is 2.28. The fourth-order valence-electron chi connectivity index (χ4n) is 3.62. The van der Waals surface area contributed by atoms with Gasteiger partial charge in [-0.2, -0.15) is 5.10 Å². The molecule has 0 unspecified atom stereocenters. The SMILES string of the molecule is COc1cccc(N2C[C@H](C(=O)NCCn3nc(-c4cccs4)cc3C)CC2=O)c1. The smallest absolute Gasteiger partial charge is 0.227 e. The Morgan fingerprint density at radius 1 is 1.30 bits per heavy atom. The van der Waals surface area contributed by atoms with Crippen LogP contribution in [0.3, 0.4) is 0 Å². The highest BCUT2D eigenvalue weighted by Gasteiger charge is 2.35. The Hall–Kier alpha value is -3.13. The van der Waals surface area contributed by atoms with E-state index in [4.69, 9.17) is 4.74 Å². The molecule has 7 nitrogen and oxygen atoms in total. The molecule has 156 valence electrons. The summed E-state index contributed by atoms with van der Waals surface area (Å²) in [4.78, 5) is 27.8. The van der Waals surface area contributed by atoms with Crippen LogP contribution >= 0.6 is 11.3 Å². The fourth-order valence-corrected chi connectivity index (χ4v) is 4.30. The van der Waals surface area contributed by atoms with E-state index in [1.807, 2.05) is 53.4 Å². The lowest BCUT2D eigenvalue weighted by molar-refractivity contribution is -0.126. The van der Waals surface area contributed by atoms with Gasteiger partial charge in [-0.25, -0.2) is 0 Å². The first-order valence-corrected chi connectivity index (χ1v) is 10.7. The second kappa shape index (κ2) is 8.71. The van der Waals surface area contributed by atoms with Crippen LogP contribution in [-0.4, -0.2) is 41.8 Å². The number of hydrogen-bond acceptors (Lipinski definition) is 5. The number of nitrogens with zero attached hydrogens (tertiary/aromatic N) is 3. The molecule has 1 N–H and O–H groups in total. The molecule has 8 heteroatoms. The van der Waals surface area contributed by atoms with Crippen molar-refractivity contribution in [2.75, 3.05) is 25.1 Å². The van der Waals surface area contributed by atoms with Gasteiger partial charge in [-0.15, -0.1) is 11.3 Å². The number of hydrogen-bond donors (Lipinski definition) is 1. The van der Waals surface area contributed by atoms with Gasteiger partial charge >= 0.3 is 0 Å². The zero-order valence-corrected chi connectivity index (χ0v) is 17.8. The van der Waals surface area contributed by atoms with Crippen LogP contribution < -0.4 is 15.0 Å². The number of benzene rings is 1. The molecule has 1 aliphatic rings. The average Bonchev–Trinajstić information content (AvgIpc) is 3.48. The maximum absolute atomic E-state index is 12.6. The summed E-state index contributed by atoms with van der Waals surface area (Å²) in [6.07, 6.45) is 0.215. The van der Waals surface area contributed by atoms with Crippen molar-refractivity contribution in [3.05, 3.63) is 53.5 Å².